The van der Waals surface area contributed by atoms with Gasteiger partial charge >= 0.3 is 0 Å². The van der Waals surface area contributed by atoms with Crippen LogP contribution in [0.3, 0.4) is 0 Å². The van der Waals surface area contributed by atoms with Crippen molar-refractivity contribution >= 4 is 17.0 Å². The van der Waals surface area contributed by atoms with Gasteiger partial charge in [-0.05, 0) is 42.8 Å². The smallest absolute Gasteiger partial charge is 0.251 e. The van der Waals surface area contributed by atoms with Crippen molar-refractivity contribution in [3.05, 3.63) is 89.7 Å². The number of nitrogens with one attached hydrogen (secondary N) is 1. The Kier molecular flexibility index (Phi) is 4.75. The molecule has 1 amide bonds. The van der Waals surface area contributed by atoms with E-state index >= 15 is 0 Å². The number of carbonyl (C=O) groups is 1. The molecule has 2 aromatic heterocycles. The second kappa shape index (κ2) is 7.50. The first-order valence-electron chi connectivity index (χ1n) is 8.94. The van der Waals surface area contributed by atoms with E-state index in [1.807, 2.05) is 55.5 Å². The van der Waals surface area contributed by atoms with Gasteiger partial charge in [-0.15, -0.1) is 0 Å². The highest BCUT2D eigenvalue weighted by molar-refractivity contribution is 5.97. The summed E-state index contributed by atoms with van der Waals surface area (Å²) in [6, 6.07) is 19.1. The monoisotopic (exact) mass is 360 g/mol. The standard InChI is InChI=1S/C22H20N2O3/c1-15(12-18-8-5-11-26-18)23-22(25)17-9-10-19-20(14-17)27-21(24-19)13-16-6-3-2-4-7-16/h2-11,14-15H,12-13H2,1H3,(H,23,25). The van der Waals surface area contributed by atoms with E-state index in [0.717, 1.165) is 16.8 Å². The number of nitrogens with zero attached hydrogens (tertiary/aromatic N) is 1. The van der Waals surface area contributed by atoms with Gasteiger partial charge in [-0.2, -0.15) is 0 Å². The molecule has 136 valence electrons. The summed E-state index contributed by atoms with van der Waals surface area (Å²) in [5, 5.41) is 2.98. The third kappa shape index (κ3) is 4.08. The molecule has 0 spiro atoms. The molecule has 0 aliphatic rings. The molecule has 4 aromatic rings. The Hall–Kier alpha value is -3.34. The number of oxazole rings is 1. The minimum atomic E-state index is -0.142. The molecule has 4 rings (SSSR count). The van der Waals surface area contributed by atoms with Gasteiger partial charge in [0.1, 0.15) is 11.3 Å². The van der Waals surface area contributed by atoms with Gasteiger partial charge in [0.05, 0.1) is 6.26 Å². The van der Waals surface area contributed by atoms with Gasteiger partial charge < -0.3 is 14.2 Å². The van der Waals surface area contributed by atoms with Crippen molar-refractivity contribution < 1.29 is 13.6 Å². The summed E-state index contributed by atoms with van der Waals surface area (Å²) in [6.45, 7) is 1.95. The molecule has 5 heteroatoms. The zero-order chi connectivity index (χ0) is 18.6. The van der Waals surface area contributed by atoms with Gasteiger partial charge in [0, 0.05) is 24.4 Å². The van der Waals surface area contributed by atoms with Crippen molar-refractivity contribution in [2.24, 2.45) is 0 Å². The summed E-state index contributed by atoms with van der Waals surface area (Å²) in [5.74, 6) is 1.34. The topological polar surface area (TPSA) is 68.3 Å². The highest BCUT2D eigenvalue weighted by Crippen LogP contribution is 2.19. The third-order valence-corrected chi connectivity index (χ3v) is 4.36. The van der Waals surface area contributed by atoms with E-state index in [9.17, 15) is 4.79 Å². The van der Waals surface area contributed by atoms with Crippen molar-refractivity contribution in [2.75, 3.05) is 0 Å². The van der Waals surface area contributed by atoms with Crippen molar-refractivity contribution in [2.45, 2.75) is 25.8 Å². The molecule has 1 N–H and O–H groups in total. The highest BCUT2D eigenvalue weighted by Gasteiger charge is 2.14. The number of hydrogen-bond donors (Lipinski definition) is 1. The summed E-state index contributed by atoms with van der Waals surface area (Å²) in [7, 11) is 0. The van der Waals surface area contributed by atoms with Gasteiger partial charge in [-0.25, -0.2) is 4.98 Å². The first-order valence-corrected chi connectivity index (χ1v) is 8.94. The predicted octanol–water partition coefficient (Wildman–Crippen LogP) is 4.37. The molecule has 1 atom stereocenters. The average molecular weight is 360 g/mol. The van der Waals surface area contributed by atoms with Crippen molar-refractivity contribution in [1.82, 2.24) is 10.3 Å². The molecule has 2 heterocycles. The number of carbonyl (C=O) groups excluding carboxylic acids is 1. The fraction of sp³-hybridized carbons (Fsp3) is 0.182. The van der Waals surface area contributed by atoms with Crippen LogP contribution in [0.1, 0.15) is 34.5 Å². The normalized spacial score (nSPS) is 12.2. The summed E-state index contributed by atoms with van der Waals surface area (Å²) < 4.78 is 11.2. The zero-order valence-electron chi connectivity index (χ0n) is 15.0. The van der Waals surface area contributed by atoms with E-state index in [0.29, 0.717) is 29.9 Å². The Morgan fingerprint density at radius 3 is 2.74 bits per heavy atom. The Morgan fingerprint density at radius 1 is 1.11 bits per heavy atom. The van der Waals surface area contributed by atoms with E-state index in [1.54, 1.807) is 18.4 Å². The molecule has 1 unspecified atom stereocenters. The van der Waals surface area contributed by atoms with E-state index in [4.69, 9.17) is 8.83 Å². The van der Waals surface area contributed by atoms with Crippen LogP contribution in [0.15, 0.2) is 75.8 Å². The number of benzene rings is 2. The van der Waals surface area contributed by atoms with Crippen LogP contribution in [0.4, 0.5) is 0 Å². The minimum absolute atomic E-state index is 0.0392. The number of furan rings is 1. The predicted molar refractivity (Wildman–Crippen MR) is 103 cm³/mol. The zero-order valence-corrected chi connectivity index (χ0v) is 15.0. The molecule has 27 heavy (non-hydrogen) atoms. The maximum Gasteiger partial charge on any atom is 0.251 e. The molecule has 0 aliphatic heterocycles. The third-order valence-electron chi connectivity index (χ3n) is 4.36. The van der Waals surface area contributed by atoms with Gasteiger partial charge in [0.25, 0.3) is 5.91 Å². The second-order valence-corrected chi connectivity index (χ2v) is 6.61. The lowest BCUT2D eigenvalue weighted by Crippen LogP contribution is -2.33. The number of hydrogen-bond acceptors (Lipinski definition) is 4. The Bertz CT molecular complexity index is 1040. The van der Waals surface area contributed by atoms with E-state index in [2.05, 4.69) is 10.3 Å². The van der Waals surface area contributed by atoms with Gasteiger partial charge in [0.2, 0.25) is 0 Å². The SMILES string of the molecule is CC(Cc1ccco1)NC(=O)c1ccc2nc(Cc3ccccc3)oc2c1. The molecule has 2 aromatic carbocycles. The molecule has 5 nitrogen and oxygen atoms in total. The van der Waals surface area contributed by atoms with E-state index in [1.165, 1.54) is 0 Å². The van der Waals surface area contributed by atoms with Crippen LogP contribution in [-0.4, -0.2) is 16.9 Å². The Labute approximate surface area is 157 Å². The molecule has 0 saturated carbocycles. The number of aromatic nitrogens is 1. The van der Waals surface area contributed by atoms with Crippen molar-refractivity contribution in [1.29, 1.82) is 0 Å². The quantitative estimate of drug-likeness (QED) is 0.554. The highest BCUT2D eigenvalue weighted by atomic mass is 16.3. The lowest BCUT2D eigenvalue weighted by Gasteiger charge is -2.12. The van der Waals surface area contributed by atoms with Crippen molar-refractivity contribution in [3.63, 3.8) is 0 Å². The van der Waals surface area contributed by atoms with Crippen LogP contribution < -0.4 is 5.32 Å². The Balaban J connectivity index is 1.46. The van der Waals surface area contributed by atoms with Crippen LogP contribution in [0.25, 0.3) is 11.1 Å². The summed E-state index contributed by atoms with van der Waals surface area (Å²) in [4.78, 5) is 17.0. The lowest BCUT2D eigenvalue weighted by molar-refractivity contribution is 0.0939. The first kappa shape index (κ1) is 17.1. The molecular weight excluding hydrogens is 340 g/mol. The lowest BCUT2D eigenvalue weighted by atomic mass is 10.1. The van der Waals surface area contributed by atoms with E-state index in [-0.39, 0.29) is 11.9 Å². The fourth-order valence-corrected chi connectivity index (χ4v) is 3.05. The molecule has 0 radical (unpaired) electrons. The molecule has 0 aliphatic carbocycles. The summed E-state index contributed by atoms with van der Waals surface area (Å²) >= 11 is 0. The van der Waals surface area contributed by atoms with Crippen molar-refractivity contribution in [3.8, 4) is 0 Å². The average Bonchev–Trinajstić information content (AvgIpc) is 3.30. The minimum Gasteiger partial charge on any atom is -0.469 e. The van der Waals surface area contributed by atoms with Gasteiger partial charge in [-0.3, -0.25) is 4.79 Å². The molecule has 0 fully saturated rings. The maximum absolute atomic E-state index is 12.5. The van der Waals surface area contributed by atoms with Crippen LogP contribution in [0.2, 0.25) is 0 Å². The van der Waals surface area contributed by atoms with Crippen LogP contribution in [0, 0.1) is 0 Å². The molecular formula is C22H20N2O3. The van der Waals surface area contributed by atoms with Gasteiger partial charge in [0.15, 0.2) is 11.5 Å². The molecule has 0 saturated heterocycles. The molecule has 0 bridgehead atoms. The first-order chi connectivity index (χ1) is 13.2. The summed E-state index contributed by atoms with van der Waals surface area (Å²) in [5.41, 5.74) is 3.05. The van der Waals surface area contributed by atoms with Crippen LogP contribution in [-0.2, 0) is 12.8 Å². The maximum atomic E-state index is 12.5. The van der Waals surface area contributed by atoms with Crippen LogP contribution >= 0.6 is 0 Å². The second-order valence-electron chi connectivity index (χ2n) is 6.61. The Morgan fingerprint density at radius 2 is 1.96 bits per heavy atom. The van der Waals surface area contributed by atoms with E-state index < -0.39 is 0 Å². The number of fused-ring (bicyclic) bond motifs is 1. The number of rotatable bonds is 6. The van der Waals surface area contributed by atoms with Gasteiger partial charge in [-0.1, -0.05) is 30.3 Å². The number of amides is 1. The largest absolute Gasteiger partial charge is 0.469 e. The van der Waals surface area contributed by atoms with Crippen LogP contribution in [0.5, 0.6) is 0 Å². The summed E-state index contributed by atoms with van der Waals surface area (Å²) in [6.07, 6.45) is 2.90. The fourth-order valence-electron chi connectivity index (χ4n) is 3.05.